The maximum Gasteiger partial charge on any atom is 0.433 e. The molecule has 0 aliphatic rings. The number of phenolic OH excluding ortho intramolecular Hbond substituents is 1. The summed E-state index contributed by atoms with van der Waals surface area (Å²) in [6.07, 6.45) is -4.69. The molecule has 0 fully saturated rings. The quantitative estimate of drug-likeness (QED) is 0.573. The van der Waals surface area contributed by atoms with Crippen molar-refractivity contribution in [2.24, 2.45) is 0 Å². The van der Waals surface area contributed by atoms with Crippen LogP contribution < -0.4 is 5.32 Å². The summed E-state index contributed by atoms with van der Waals surface area (Å²) in [4.78, 5) is 7.56. The molecule has 0 aliphatic carbocycles. The average Bonchev–Trinajstić information content (AvgIpc) is 2.57. The number of halogens is 5. The number of para-hydroxylation sites is 1. The van der Waals surface area contributed by atoms with E-state index in [1.165, 1.54) is 30.3 Å². The zero-order chi connectivity index (χ0) is 18.9. The van der Waals surface area contributed by atoms with Crippen molar-refractivity contribution in [1.82, 2.24) is 9.97 Å². The van der Waals surface area contributed by atoms with Crippen LogP contribution in [0.2, 0.25) is 10.0 Å². The Morgan fingerprint density at radius 2 is 1.69 bits per heavy atom. The van der Waals surface area contributed by atoms with E-state index < -0.39 is 11.9 Å². The van der Waals surface area contributed by atoms with Crippen molar-refractivity contribution in [2.75, 3.05) is 5.32 Å². The fourth-order valence-corrected chi connectivity index (χ4v) is 2.64. The van der Waals surface area contributed by atoms with E-state index in [1.54, 1.807) is 12.1 Å². The van der Waals surface area contributed by atoms with Gasteiger partial charge < -0.3 is 10.4 Å². The number of nitrogens with one attached hydrogen (secondary N) is 1. The minimum atomic E-state index is -4.69. The van der Waals surface area contributed by atoms with Gasteiger partial charge in [0, 0.05) is 10.6 Å². The lowest BCUT2D eigenvalue weighted by Crippen LogP contribution is -2.11. The van der Waals surface area contributed by atoms with Gasteiger partial charge in [-0.15, -0.1) is 0 Å². The molecule has 2 aromatic carbocycles. The van der Waals surface area contributed by atoms with Crippen molar-refractivity contribution in [1.29, 1.82) is 0 Å². The molecule has 2 N–H and O–H groups in total. The van der Waals surface area contributed by atoms with Crippen LogP contribution in [0.1, 0.15) is 5.69 Å². The van der Waals surface area contributed by atoms with Crippen LogP contribution in [0.25, 0.3) is 11.3 Å². The fourth-order valence-electron chi connectivity index (χ4n) is 2.19. The number of aromatic hydroxyl groups is 1. The van der Waals surface area contributed by atoms with E-state index in [0.29, 0.717) is 10.7 Å². The summed E-state index contributed by atoms with van der Waals surface area (Å²) in [6, 6.07) is 11.2. The van der Waals surface area contributed by atoms with Gasteiger partial charge in [-0.1, -0.05) is 35.3 Å². The molecule has 26 heavy (non-hydrogen) atoms. The van der Waals surface area contributed by atoms with Gasteiger partial charge in [-0.05, 0) is 36.4 Å². The molecule has 0 saturated carbocycles. The Hall–Kier alpha value is -2.51. The molecule has 4 nitrogen and oxygen atoms in total. The van der Waals surface area contributed by atoms with E-state index in [-0.39, 0.29) is 28.0 Å². The van der Waals surface area contributed by atoms with Crippen LogP contribution in [0.4, 0.5) is 24.8 Å². The van der Waals surface area contributed by atoms with Crippen LogP contribution in [-0.2, 0) is 6.18 Å². The first kappa shape index (κ1) is 18.3. The van der Waals surface area contributed by atoms with Gasteiger partial charge in [0.1, 0.15) is 5.75 Å². The summed E-state index contributed by atoms with van der Waals surface area (Å²) >= 11 is 11.8. The van der Waals surface area contributed by atoms with E-state index in [9.17, 15) is 18.3 Å². The van der Waals surface area contributed by atoms with Crippen molar-refractivity contribution in [3.63, 3.8) is 0 Å². The first-order valence-electron chi connectivity index (χ1n) is 7.21. The van der Waals surface area contributed by atoms with E-state index >= 15 is 0 Å². The standard InChI is InChI=1S/C17H10Cl2F3N3O/c18-9-5-6-12(11(19)7-9)23-16-24-13(8-15(25-16)17(20,21)22)10-3-1-2-4-14(10)26/h1-8,26H,(H,23,24,25). The molecule has 9 heteroatoms. The molecule has 0 bridgehead atoms. The number of hydrogen-bond donors (Lipinski definition) is 2. The third-order valence-electron chi connectivity index (χ3n) is 3.37. The fraction of sp³-hybridized carbons (Fsp3) is 0.0588. The van der Waals surface area contributed by atoms with Gasteiger partial charge >= 0.3 is 6.18 Å². The smallest absolute Gasteiger partial charge is 0.433 e. The highest BCUT2D eigenvalue weighted by molar-refractivity contribution is 6.36. The minimum absolute atomic E-state index is 0.0852. The Balaban J connectivity index is 2.10. The Bertz CT molecular complexity index is 964. The Morgan fingerprint density at radius 3 is 2.35 bits per heavy atom. The lowest BCUT2D eigenvalue weighted by atomic mass is 10.1. The van der Waals surface area contributed by atoms with Gasteiger partial charge in [0.05, 0.1) is 16.4 Å². The molecule has 3 aromatic rings. The minimum Gasteiger partial charge on any atom is -0.507 e. The maximum absolute atomic E-state index is 13.2. The van der Waals surface area contributed by atoms with Crippen molar-refractivity contribution < 1.29 is 18.3 Å². The van der Waals surface area contributed by atoms with Crippen LogP contribution in [0.15, 0.2) is 48.5 Å². The van der Waals surface area contributed by atoms with Crippen LogP contribution in [0, 0.1) is 0 Å². The topological polar surface area (TPSA) is 58.0 Å². The molecule has 3 rings (SSSR count). The highest BCUT2D eigenvalue weighted by atomic mass is 35.5. The summed E-state index contributed by atoms with van der Waals surface area (Å²) in [7, 11) is 0. The Morgan fingerprint density at radius 1 is 0.962 bits per heavy atom. The highest BCUT2D eigenvalue weighted by Crippen LogP contribution is 2.35. The zero-order valence-electron chi connectivity index (χ0n) is 12.9. The number of alkyl halides is 3. The van der Waals surface area contributed by atoms with Gasteiger partial charge in [-0.3, -0.25) is 0 Å². The third-order valence-corrected chi connectivity index (χ3v) is 3.92. The SMILES string of the molecule is Oc1ccccc1-c1cc(C(F)(F)F)nc(Nc2ccc(Cl)cc2Cl)n1. The van der Waals surface area contributed by atoms with E-state index in [0.717, 1.165) is 6.07 Å². The predicted molar refractivity (Wildman–Crippen MR) is 93.9 cm³/mol. The summed E-state index contributed by atoms with van der Waals surface area (Å²) in [5, 5.41) is 13.1. The van der Waals surface area contributed by atoms with Gasteiger partial charge in [-0.25, -0.2) is 9.97 Å². The first-order chi connectivity index (χ1) is 12.2. The molecule has 0 spiro atoms. The Kier molecular flexibility index (Phi) is 4.93. The van der Waals surface area contributed by atoms with Crippen molar-refractivity contribution in [3.05, 3.63) is 64.3 Å². The van der Waals surface area contributed by atoms with Crippen molar-refractivity contribution >= 4 is 34.8 Å². The molecule has 1 aromatic heterocycles. The number of nitrogens with zero attached hydrogens (tertiary/aromatic N) is 2. The largest absolute Gasteiger partial charge is 0.507 e. The molecular formula is C17H10Cl2F3N3O. The number of hydrogen-bond acceptors (Lipinski definition) is 4. The number of aromatic nitrogens is 2. The second-order valence-corrected chi connectivity index (χ2v) is 6.07. The summed E-state index contributed by atoms with van der Waals surface area (Å²) < 4.78 is 39.6. The molecule has 134 valence electrons. The molecule has 0 atom stereocenters. The van der Waals surface area contributed by atoms with Crippen LogP contribution in [-0.4, -0.2) is 15.1 Å². The van der Waals surface area contributed by atoms with E-state index in [4.69, 9.17) is 23.2 Å². The zero-order valence-corrected chi connectivity index (χ0v) is 14.4. The summed E-state index contributed by atoms with van der Waals surface area (Å²) in [5.41, 5.74) is -0.805. The van der Waals surface area contributed by atoms with Gasteiger partial charge in [0.2, 0.25) is 5.95 Å². The lowest BCUT2D eigenvalue weighted by molar-refractivity contribution is -0.141. The highest BCUT2D eigenvalue weighted by Gasteiger charge is 2.34. The molecule has 0 saturated heterocycles. The van der Waals surface area contributed by atoms with Crippen molar-refractivity contribution in [2.45, 2.75) is 6.18 Å². The molecule has 0 unspecified atom stereocenters. The van der Waals surface area contributed by atoms with E-state index in [2.05, 4.69) is 15.3 Å². The van der Waals surface area contributed by atoms with Gasteiger partial charge in [-0.2, -0.15) is 13.2 Å². The van der Waals surface area contributed by atoms with Crippen LogP contribution in [0.3, 0.4) is 0 Å². The average molecular weight is 400 g/mol. The first-order valence-corrected chi connectivity index (χ1v) is 7.96. The normalized spacial score (nSPS) is 11.4. The summed E-state index contributed by atoms with van der Waals surface area (Å²) in [6.45, 7) is 0. The molecule has 0 amide bonds. The van der Waals surface area contributed by atoms with Crippen LogP contribution in [0.5, 0.6) is 5.75 Å². The number of benzene rings is 2. The van der Waals surface area contributed by atoms with Crippen LogP contribution >= 0.6 is 23.2 Å². The number of rotatable bonds is 3. The second-order valence-electron chi connectivity index (χ2n) is 5.23. The second kappa shape index (κ2) is 7.01. The third kappa shape index (κ3) is 4.00. The Labute approximate surface area is 156 Å². The lowest BCUT2D eigenvalue weighted by Gasteiger charge is -2.13. The molecule has 0 radical (unpaired) electrons. The maximum atomic E-state index is 13.2. The number of anilines is 2. The predicted octanol–water partition coefficient (Wildman–Crippen LogP) is 5.92. The monoisotopic (exact) mass is 399 g/mol. The van der Waals surface area contributed by atoms with E-state index in [1.807, 2.05) is 0 Å². The van der Waals surface area contributed by atoms with Gasteiger partial charge in [0.25, 0.3) is 0 Å². The molecule has 1 heterocycles. The molecular weight excluding hydrogens is 390 g/mol. The summed E-state index contributed by atoms with van der Waals surface area (Å²) in [5.74, 6) is -0.517. The number of phenols is 1. The van der Waals surface area contributed by atoms with Gasteiger partial charge in [0.15, 0.2) is 5.69 Å². The molecule has 0 aliphatic heterocycles. The van der Waals surface area contributed by atoms with Crippen molar-refractivity contribution in [3.8, 4) is 17.0 Å².